The quantitative estimate of drug-likeness (QED) is 0.833. The summed E-state index contributed by atoms with van der Waals surface area (Å²) in [5.74, 6) is -1.02. The van der Waals surface area contributed by atoms with Crippen molar-refractivity contribution in [1.29, 1.82) is 0 Å². The molecule has 2 aromatic rings. The zero-order chi connectivity index (χ0) is 15.7. The standard InChI is InChI=1S/C16H10ClNO4/c17-11-3-1-2-9(6-11)7-14-15(19)18-12-8-10(16(20)21)4-5-13(12)22-14/h1-8H,(H,18,19)(H,20,21)/b14-7+. The minimum atomic E-state index is -1.07. The highest BCUT2D eigenvalue weighted by Crippen LogP contribution is 2.32. The molecule has 22 heavy (non-hydrogen) atoms. The third kappa shape index (κ3) is 2.80. The van der Waals surface area contributed by atoms with Crippen molar-refractivity contribution in [2.24, 2.45) is 0 Å². The average Bonchev–Trinajstić information content (AvgIpc) is 2.47. The molecule has 0 radical (unpaired) electrons. The molecule has 0 saturated carbocycles. The smallest absolute Gasteiger partial charge is 0.335 e. The van der Waals surface area contributed by atoms with Gasteiger partial charge in [0, 0.05) is 5.02 Å². The summed E-state index contributed by atoms with van der Waals surface area (Å²) in [6.07, 6.45) is 1.56. The third-order valence-corrected chi connectivity index (χ3v) is 3.30. The lowest BCUT2D eigenvalue weighted by atomic mass is 10.1. The van der Waals surface area contributed by atoms with E-state index in [1.54, 1.807) is 30.3 Å². The van der Waals surface area contributed by atoms with Gasteiger partial charge in [0.25, 0.3) is 5.91 Å². The SMILES string of the molecule is O=C1Nc2cc(C(=O)O)ccc2O/C1=C/c1cccc(Cl)c1. The van der Waals surface area contributed by atoms with Crippen molar-refractivity contribution >= 4 is 35.2 Å². The third-order valence-electron chi connectivity index (χ3n) is 3.06. The molecule has 0 saturated heterocycles. The Morgan fingerprint density at radius 2 is 2.05 bits per heavy atom. The van der Waals surface area contributed by atoms with E-state index in [9.17, 15) is 9.59 Å². The highest BCUT2D eigenvalue weighted by molar-refractivity contribution is 6.30. The molecule has 0 aromatic heterocycles. The van der Waals surface area contributed by atoms with Gasteiger partial charge in [0.05, 0.1) is 11.3 Å². The molecule has 1 heterocycles. The number of nitrogens with one attached hydrogen (secondary N) is 1. The molecule has 0 atom stereocenters. The lowest BCUT2D eigenvalue weighted by molar-refractivity contribution is -0.115. The molecule has 110 valence electrons. The van der Waals surface area contributed by atoms with Crippen LogP contribution in [0, 0.1) is 0 Å². The lowest BCUT2D eigenvalue weighted by Gasteiger charge is -2.20. The van der Waals surface area contributed by atoms with Crippen molar-refractivity contribution in [2.75, 3.05) is 5.32 Å². The Balaban J connectivity index is 1.95. The fraction of sp³-hybridized carbons (Fsp3) is 0. The molecule has 1 aliphatic rings. The van der Waals surface area contributed by atoms with Gasteiger partial charge in [-0.05, 0) is 42.0 Å². The maximum atomic E-state index is 12.0. The molecular formula is C16H10ClNO4. The Bertz CT molecular complexity index is 814. The van der Waals surface area contributed by atoms with Crippen molar-refractivity contribution in [3.8, 4) is 5.75 Å². The number of ether oxygens (including phenoxy) is 1. The molecule has 0 unspecified atom stereocenters. The zero-order valence-electron chi connectivity index (χ0n) is 11.2. The first-order valence-corrected chi connectivity index (χ1v) is 6.74. The van der Waals surface area contributed by atoms with Gasteiger partial charge in [-0.1, -0.05) is 23.7 Å². The lowest BCUT2D eigenvalue weighted by Crippen LogP contribution is -2.23. The Morgan fingerprint density at radius 3 is 2.77 bits per heavy atom. The summed E-state index contributed by atoms with van der Waals surface area (Å²) >= 11 is 5.90. The van der Waals surface area contributed by atoms with Crippen LogP contribution >= 0.6 is 11.6 Å². The number of carbonyl (C=O) groups is 2. The number of carboxylic acids is 1. The summed E-state index contributed by atoms with van der Waals surface area (Å²) in [6.45, 7) is 0. The van der Waals surface area contributed by atoms with Crippen LogP contribution in [0.2, 0.25) is 5.02 Å². The summed E-state index contributed by atoms with van der Waals surface area (Å²) in [7, 11) is 0. The fourth-order valence-electron chi connectivity index (χ4n) is 2.04. The Hall–Kier alpha value is -2.79. The maximum absolute atomic E-state index is 12.0. The summed E-state index contributed by atoms with van der Waals surface area (Å²) in [4.78, 5) is 23.0. The second kappa shape index (κ2) is 5.54. The molecule has 2 N–H and O–H groups in total. The number of benzene rings is 2. The van der Waals surface area contributed by atoms with Crippen LogP contribution in [0.25, 0.3) is 6.08 Å². The molecule has 5 nitrogen and oxygen atoms in total. The predicted molar refractivity (Wildman–Crippen MR) is 82.1 cm³/mol. The summed E-state index contributed by atoms with van der Waals surface area (Å²) < 4.78 is 5.54. The molecule has 2 aromatic carbocycles. The van der Waals surface area contributed by atoms with Gasteiger partial charge in [-0.15, -0.1) is 0 Å². The Kier molecular flexibility index (Phi) is 3.56. The van der Waals surface area contributed by atoms with Crippen molar-refractivity contribution in [3.05, 3.63) is 64.4 Å². The van der Waals surface area contributed by atoms with E-state index in [0.717, 1.165) is 5.56 Å². The van der Waals surface area contributed by atoms with E-state index in [2.05, 4.69) is 5.32 Å². The zero-order valence-corrected chi connectivity index (χ0v) is 11.9. The summed E-state index contributed by atoms with van der Waals surface area (Å²) in [5, 5.41) is 12.1. The average molecular weight is 316 g/mol. The second-order valence-electron chi connectivity index (χ2n) is 4.64. The van der Waals surface area contributed by atoms with Gasteiger partial charge < -0.3 is 15.2 Å². The van der Waals surface area contributed by atoms with Crippen LogP contribution in [0.15, 0.2) is 48.2 Å². The normalized spacial score (nSPS) is 15.0. The number of aromatic carboxylic acids is 1. The monoisotopic (exact) mass is 315 g/mol. The van der Waals surface area contributed by atoms with Gasteiger partial charge >= 0.3 is 5.97 Å². The number of carboxylic acid groups (broad SMARTS) is 1. The van der Waals surface area contributed by atoms with Crippen LogP contribution < -0.4 is 10.1 Å². The summed E-state index contributed by atoms with van der Waals surface area (Å²) in [6, 6.07) is 11.3. The van der Waals surface area contributed by atoms with Crippen molar-refractivity contribution < 1.29 is 19.4 Å². The molecule has 0 bridgehead atoms. The molecule has 0 spiro atoms. The molecule has 1 aliphatic heterocycles. The van der Waals surface area contributed by atoms with E-state index < -0.39 is 11.9 Å². The topological polar surface area (TPSA) is 75.6 Å². The minimum absolute atomic E-state index is 0.0740. The highest BCUT2D eigenvalue weighted by atomic mass is 35.5. The molecule has 6 heteroatoms. The van der Waals surface area contributed by atoms with Crippen LogP contribution in [0.5, 0.6) is 5.75 Å². The Labute approximate surface area is 130 Å². The maximum Gasteiger partial charge on any atom is 0.335 e. The van der Waals surface area contributed by atoms with Gasteiger partial charge in [0.2, 0.25) is 0 Å². The van der Waals surface area contributed by atoms with Crippen LogP contribution in [0.1, 0.15) is 15.9 Å². The molecule has 0 aliphatic carbocycles. The van der Waals surface area contributed by atoms with Gasteiger partial charge in [-0.2, -0.15) is 0 Å². The van der Waals surface area contributed by atoms with Crippen LogP contribution in [-0.2, 0) is 4.79 Å². The second-order valence-corrected chi connectivity index (χ2v) is 5.07. The van der Waals surface area contributed by atoms with Gasteiger partial charge in [0.1, 0.15) is 0 Å². The van der Waals surface area contributed by atoms with Crippen LogP contribution in [-0.4, -0.2) is 17.0 Å². The van der Waals surface area contributed by atoms with Crippen LogP contribution in [0.3, 0.4) is 0 Å². The number of amides is 1. The molecular weight excluding hydrogens is 306 g/mol. The van der Waals surface area contributed by atoms with E-state index in [1.807, 2.05) is 0 Å². The van der Waals surface area contributed by atoms with E-state index in [-0.39, 0.29) is 11.3 Å². The molecule has 1 amide bonds. The molecule has 0 fully saturated rings. The van der Waals surface area contributed by atoms with Gasteiger partial charge in [-0.3, -0.25) is 4.79 Å². The number of hydrogen-bond acceptors (Lipinski definition) is 3. The first kappa shape index (κ1) is 14.2. The number of fused-ring (bicyclic) bond motifs is 1. The van der Waals surface area contributed by atoms with Crippen LogP contribution in [0.4, 0.5) is 5.69 Å². The van der Waals surface area contributed by atoms with Gasteiger partial charge in [-0.25, -0.2) is 4.79 Å². The van der Waals surface area contributed by atoms with Crippen molar-refractivity contribution in [3.63, 3.8) is 0 Å². The number of hydrogen-bond donors (Lipinski definition) is 2. The number of anilines is 1. The van der Waals surface area contributed by atoms with E-state index in [1.165, 1.54) is 18.2 Å². The predicted octanol–water partition coefficient (Wildman–Crippen LogP) is 3.41. The first-order valence-electron chi connectivity index (χ1n) is 6.37. The number of rotatable bonds is 2. The van der Waals surface area contributed by atoms with E-state index in [0.29, 0.717) is 16.5 Å². The van der Waals surface area contributed by atoms with E-state index in [4.69, 9.17) is 21.4 Å². The number of halogens is 1. The van der Waals surface area contributed by atoms with Crippen molar-refractivity contribution in [1.82, 2.24) is 0 Å². The summed E-state index contributed by atoms with van der Waals surface area (Å²) in [5.41, 5.74) is 1.13. The van der Waals surface area contributed by atoms with E-state index >= 15 is 0 Å². The minimum Gasteiger partial charge on any atom is -0.478 e. The first-order chi connectivity index (χ1) is 10.5. The van der Waals surface area contributed by atoms with Crippen molar-refractivity contribution in [2.45, 2.75) is 0 Å². The number of carbonyl (C=O) groups excluding carboxylic acids is 1. The molecule has 3 rings (SSSR count). The highest BCUT2D eigenvalue weighted by Gasteiger charge is 2.23. The largest absolute Gasteiger partial charge is 0.478 e. The fourth-order valence-corrected chi connectivity index (χ4v) is 2.24. The Morgan fingerprint density at radius 1 is 1.23 bits per heavy atom. The van der Waals surface area contributed by atoms with Gasteiger partial charge in [0.15, 0.2) is 11.5 Å².